The van der Waals surface area contributed by atoms with Gasteiger partial charge in [0.15, 0.2) is 0 Å². The van der Waals surface area contributed by atoms with Crippen LogP contribution in [0.3, 0.4) is 0 Å². The molecule has 49 heavy (non-hydrogen) atoms. The summed E-state index contributed by atoms with van der Waals surface area (Å²) in [6.45, 7) is 6.26. The summed E-state index contributed by atoms with van der Waals surface area (Å²) >= 11 is 0. The molecular weight excluding hydrogens is 633 g/mol. The Balaban J connectivity index is 1.39. The van der Waals surface area contributed by atoms with Gasteiger partial charge in [-0.1, -0.05) is 123 Å². The molecule has 5 rings (SSSR count). The van der Waals surface area contributed by atoms with Gasteiger partial charge in [-0.25, -0.2) is 0 Å². The van der Waals surface area contributed by atoms with E-state index in [1.54, 1.807) is 24.3 Å². The van der Waals surface area contributed by atoms with Crippen LogP contribution < -0.4 is 0 Å². The zero-order valence-corrected chi connectivity index (χ0v) is 29.2. The minimum Gasteiger partial charge on any atom is -0.340 e. The normalized spacial score (nSPS) is 12.4. The summed E-state index contributed by atoms with van der Waals surface area (Å²) in [5, 5.41) is 0. The Kier molecular flexibility index (Phi) is 11.2. The van der Waals surface area contributed by atoms with Crippen LogP contribution in [0.4, 0.5) is 0 Å². The predicted molar refractivity (Wildman–Crippen MR) is 191 cm³/mol. The quantitative estimate of drug-likeness (QED) is 0.135. The van der Waals surface area contributed by atoms with Gasteiger partial charge >= 0.3 is 0 Å². The van der Waals surface area contributed by atoms with Crippen molar-refractivity contribution in [3.63, 3.8) is 0 Å². The number of rotatable bonds is 14. The van der Waals surface area contributed by atoms with E-state index < -0.39 is 38.2 Å². The van der Waals surface area contributed by atoms with Crippen molar-refractivity contribution >= 4 is 37.6 Å². The fourth-order valence-corrected chi connectivity index (χ4v) is 7.26. The Hall–Kier alpha value is -5.35. The van der Waals surface area contributed by atoms with Gasteiger partial charge in [-0.2, -0.15) is 0 Å². The van der Waals surface area contributed by atoms with Crippen molar-refractivity contribution in [2.45, 2.75) is 39.3 Å². The van der Waals surface area contributed by atoms with E-state index in [1.807, 2.05) is 95.9 Å². The van der Waals surface area contributed by atoms with Crippen molar-refractivity contribution in [3.8, 4) is 0 Å². The number of benzene rings is 4. The number of fused-ring (bicyclic) bond motifs is 1. The van der Waals surface area contributed by atoms with E-state index in [0.29, 0.717) is 12.7 Å². The van der Waals surface area contributed by atoms with Crippen molar-refractivity contribution in [2.75, 3.05) is 25.8 Å². The molecular formula is C39H42N4O5Si. The second-order valence-electron chi connectivity index (χ2n) is 13.5. The molecule has 5 amide bonds. The first-order valence-corrected chi connectivity index (χ1v) is 20.1. The average Bonchev–Trinajstić information content (AvgIpc) is 3.32. The lowest BCUT2D eigenvalue weighted by Gasteiger charge is -2.33. The molecule has 0 atom stereocenters. The number of carbonyl (C=O) groups is 5. The van der Waals surface area contributed by atoms with E-state index in [1.165, 1.54) is 9.80 Å². The Morgan fingerprint density at radius 2 is 0.857 bits per heavy atom. The third-order valence-electron chi connectivity index (χ3n) is 8.20. The molecule has 0 saturated heterocycles. The maximum atomic E-state index is 14.2. The fourth-order valence-electron chi connectivity index (χ4n) is 5.83. The first-order valence-electron chi connectivity index (χ1n) is 16.4. The Bertz CT molecular complexity index is 1760. The van der Waals surface area contributed by atoms with Crippen molar-refractivity contribution in [3.05, 3.63) is 143 Å². The van der Waals surface area contributed by atoms with E-state index in [9.17, 15) is 24.0 Å². The van der Waals surface area contributed by atoms with Crippen LogP contribution in [0.1, 0.15) is 37.4 Å². The molecule has 1 aliphatic heterocycles. The smallest absolute Gasteiger partial charge is 0.262 e. The molecule has 4 aromatic carbocycles. The van der Waals surface area contributed by atoms with Gasteiger partial charge < -0.3 is 14.7 Å². The highest BCUT2D eigenvalue weighted by Crippen LogP contribution is 2.23. The summed E-state index contributed by atoms with van der Waals surface area (Å²) < 4.78 is 0. The van der Waals surface area contributed by atoms with Crippen molar-refractivity contribution in [1.29, 1.82) is 0 Å². The molecule has 10 heteroatoms. The Labute approximate surface area is 288 Å². The molecule has 4 aromatic rings. The van der Waals surface area contributed by atoms with E-state index in [0.717, 1.165) is 21.6 Å². The molecule has 0 saturated carbocycles. The van der Waals surface area contributed by atoms with E-state index >= 15 is 0 Å². The van der Waals surface area contributed by atoms with Gasteiger partial charge in [-0.3, -0.25) is 28.9 Å². The summed E-state index contributed by atoms with van der Waals surface area (Å²) in [6, 6.07) is 34.9. The summed E-state index contributed by atoms with van der Waals surface area (Å²) in [5.74, 6) is -2.24. The molecule has 0 aliphatic carbocycles. The lowest BCUT2D eigenvalue weighted by molar-refractivity contribution is -0.145. The van der Waals surface area contributed by atoms with Crippen molar-refractivity contribution in [2.24, 2.45) is 0 Å². The topological polar surface area (TPSA) is 98.3 Å². The van der Waals surface area contributed by atoms with Crippen LogP contribution in [0.2, 0.25) is 19.6 Å². The molecule has 0 spiro atoms. The van der Waals surface area contributed by atoms with Gasteiger partial charge in [0.1, 0.15) is 19.6 Å². The van der Waals surface area contributed by atoms with Gasteiger partial charge in [0.25, 0.3) is 11.8 Å². The summed E-state index contributed by atoms with van der Waals surface area (Å²) in [7, 11) is -1.74. The van der Waals surface area contributed by atoms with Gasteiger partial charge in [-0.15, -0.1) is 0 Å². The van der Waals surface area contributed by atoms with Crippen LogP contribution in [0.5, 0.6) is 0 Å². The monoisotopic (exact) mass is 674 g/mol. The van der Waals surface area contributed by atoms with Gasteiger partial charge in [0.05, 0.1) is 19.2 Å². The van der Waals surface area contributed by atoms with Gasteiger partial charge in [0, 0.05) is 25.8 Å². The molecule has 0 bridgehead atoms. The average molecular weight is 675 g/mol. The predicted octanol–water partition coefficient (Wildman–Crippen LogP) is 5.25. The van der Waals surface area contributed by atoms with E-state index in [-0.39, 0.29) is 43.2 Å². The molecule has 252 valence electrons. The van der Waals surface area contributed by atoms with Crippen LogP contribution in [0.25, 0.3) is 0 Å². The molecule has 0 aromatic heterocycles. The maximum Gasteiger partial charge on any atom is 0.262 e. The van der Waals surface area contributed by atoms with E-state index in [2.05, 4.69) is 19.6 Å². The first-order chi connectivity index (χ1) is 23.5. The van der Waals surface area contributed by atoms with Crippen LogP contribution >= 0.6 is 0 Å². The van der Waals surface area contributed by atoms with Gasteiger partial charge in [0.2, 0.25) is 17.7 Å². The molecule has 9 nitrogen and oxygen atoms in total. The zero-order chi connectivity index (χ0) is 35.0. The van der Waals surface area contributed by atoms with Crippen LogP contribution in [0, 0.1) is 0 Å². The second-order valence-corrected chi connectivity index (χ2v) is 18.9. The largest absolute Gasteiger partial charge is 0.340 e. The summed E-state index contributed by atoms with van der Waals surface area (Å²) in [6.07, 6.45) is 0.618. The van der Waals surface area contributed by atoms with Crippen LogP contribution in [0.15, 0.2) is 115 Å². The van der Waals surface area contributed by atoms with E-state index in [4.69, 9.17) is 0 Å². The highest BCUT2D eigenvalue weighted by atomic mass is 28.3. The van der Waals surface area contributed by atoms with Crippen molar-refractivity contribution < 1.29 is 24.0 Å². The summed E-state index contributed by atoms with van der Waals surface area (Å²) in [4.78, 5) is 74.0. The fraction of sp³-hybridized carbons (Fsp3) is 0.256. The zero-order valence-electron chi connectivity index (χ0n) is 28.2. The minimum atomic E-state index is -1.74. The lowest BCUT2D eigenvalue weighted by Crippen LogP contribution is -2.50. The Morgan fingerprint density at radius 1 is 0.510 bits per heavy atom. The number of hydrogen-bond donors (Lipinski definition) is 0. The number of hydrogen-bond acceptors (Lipinski definition) is 5. The lowest BCUT2D eigenvalue weighted by atomic mass is 10.1. The minimum absolute atomic E-state index is 0.0808. The molecule has 1 aliphatic rings. The third-order valence-corrected chi connectivity index (χ3v) is 9.53. The molecule has 0 N–H and O–H groups in total. The van der Waals surface area contributed by atoms with Gasteiger partial charge in [-0.05, 0) is 28.8 Å². The number of nitrogens with zero attached hydrogens (tertiary/aromatic N) is 4. The molecule has 1 heterocycles. The molecule has 0 unspecified atom stereocenters. The number of imide groups is 1. The highest BCUT2D eigenvalue weighted by molar-refractivity contribution is 6.76. The van der Waals surface area contributed by atoms with Crippen molar-refractivity contribution in [1.82, 2.24) is 19.6 Å². The first kappa shape index (κ1) is 35.0. The summed E-state index contributed by atoms with van der Waals surface area (Å²) in [5.41, 5.74) is 3.12. The van der Waals surface area contributed by atoms with Crippen LogP contribution in [-0.2, 0) is 34.0 Å². The number of carbonyl (C=O) groups excluding carboxylic acids is 5. The SMILES string of the molecule is C[Si](C)(C)CN(Cc1ccccc1)C(=O)CN(Cc1ccccc1)C(=O)CN(Cc1ccccc1)C(=O)CN1C(=O)c2ccccc2C1=O. The molecule has 0 fully saturated rings. The maximum absolute atomic E-state index is 14.2. The second kappa shape index (κ2) is 15.7. The highest BCUT2D eigenvalue weighted by Gasteiger charge is 2.37. The number of amides is 5. The van der Waals surface area contributed by atoms with Crippen LogP contribution in [-0.4, -0.2) is 83.0 Å². The standard InChI is InChI=1S/C39H42N4O5Si/c1-49(2,3)29-42(25-32-19-11-6-12-20-32)36(45)27-40(23-30-15-7-4-8-16-30)35(44)26-41(24-31-17-9-5-10-18-31)37(46)28-43-38(47)33-21-13-14-22-34(33)39(43)48/h4-22H,23-29H2,1-3H3. The molecule has 0 radical (unpaired) electrons. The third kappa shape index (κ3) is 9.39. The Morgan fingerprint density at radius 3 is 1.27 bits per heavy atom.